The molecule has 0 saturated heterocycles. The molecule has 2 nitrogen and oxygen atoms in total. The van der Waals surface area contributed by atoms with Crippen LogP contribution in [0.25, 0.3) is 0 Å². The van der Waals surface area contributed by atoms with Gasteiger partial charge in [0.05, 0.1) is 13.3 Å². The predicted octanol–water partition coefficient (Wildman–Crippen LogP) is 4.51. The molecule has 1 rings (SSSR count). The molecule has 0 aliphatic heterocycles. The molecule has 1 aromatic rings. The molecule has 0 spiro atoms. The van der Waals surface area contributed by atoms with Crippen LogP contribution in [-0.4, -0.2) is 13.3 Å². The Kier molecular flexibility index (Phi) is 8.86. The first-order valence-corrected chi connectivity index (χ1v) is 7.67. The third-order valence-corrected chi connectivity index (χ3v) is 3.28. The van der Waals surface area contributed by atoms with Crippen molar-refractivity contribution in [1.82, 2.24) is 10.6 Å². The van der Waals surface area contributed by atoms with E-state index in [1.807, 2.05) is 19.1 Å². The van der Waals surface area contributed by atoms with E-state index in [2.05, 4.69) is 17.2 Å². The third-order valence-electron chi connectivity index (χ3n) is 3.28. The molecular weight excluding hydrogens is 320 g/mol. The fraction of sp³-hybridized carbons (Fsp3) is 0.333. The van der Waals surface area contributed by atoms with E-state index in [4.69, 9.17) is 0 Å². The number of rotatable bonds is 10. The summed E-state index contributed by atoms with van der Waals surface area (Å²) in [6.07, 6.45) is 6.37. The van der Waals surface area contributed by atoms with Crippen molar-refractivity contribution in [3.63, 3.8) is 0 Å². The van der Waals surface area contributed by atoms with Crippen LogP contribution in [0.4, 0.5) is 17.6 Å². The van der Waals surface area contributed by atoms with E-state index >= 15 is 0 Å². The highest BCUT2D eigenvalue weighted by Gasteiger charge is 2.10. The Hall–Kier alpha value is -2.08. The van der Waals surface area contributed by atoms with Crippen LogP contribution in [-0.2, 0) is 6.54 Å². The highest BCUT2D eigenvalue weighted by Crippen LogP contribution is 2.13. The van der Waals surface area contributed by atoms with Gasteiger partial charge in [0.1, 0.15) is 0 Å². The molecule has 24 heavy (non-hydrogen) atoms. The van der Waals surface area contributed by atoms with E-state index in [1.165, 1.54) is 0 Å². The van der Waals surface area contributed by atoms with Crippen molar-refractivity contribution in [3.05, 3.63) is 71.2 Å². The van der Waals surface area contributed by atoms with Gasteiger partial charge >= 0.3 is 0 Å². The quantitative estimate of drug-likeness (QED) is 0.215. The zero-order valence-electron chi connectivity index (χ0n) is 13.6. The molecule has 0 aliphatic carbocycles. The monoisotopic (exact) mass is 342 g/mol. The minimum atomic E-state index is -1.48. The molecule has 2 N–H and O–H groups in total. The lowest BCUT2D eigenvalue weighted by Crippen LogP contribution is -2.28. The van der Waals surface area contributed by atoms with Gasteiger partial charge in [-0.3, -0.25) is 9.71 Å². The zero-order chi connectivity index (χ0) is 17.9. The normalized spacial score (nSPS) is 12.4. The van der Waals surface area contributed by atoms with E-state index in [-0.39, 0.29) is 25.2 Å². The molecule has 0 heterocycles. The summed E-state index contributed by atoms with van der Waals surface area (Å²) in [5.74, 6) is -3.93. The first-order valence-electron chi connectivity index (χ1n) is 7.67. The van der Waals surface area contributed by atoms with Crippen molar-refractivity contribution >= 4 is 0 Å². The van der Waals surface area contributed by atoms with Gasteiger partial charge in [0.15, 0.2) is 17.5 Å². The maximum Gasteiger partial charge on any atom is 0.194 e. The van der Waals surface area contributed by atoms with Crippen LogP contribution in [0.3, 0.4) is 0 Å². The first-order chi connectivity index (χ1) is 11.5. The SMILES string of the molecule is C=C/C=C(\C=C(/CCF)NCNCc1cc(F)c(F)c(F)c1)CC. The summed E-state index contributed by atoms with van der Waals surface area (Å²) >= 11 is 0. The van der Waals surface area contributed by atoms with Crippen LogP contribution in [0.5, 0.6) is 0 Å². The van der Waals surface area contributed by atoms with E-state index in [0.29, 0.717) is 5.70 Å². The summed E-state index contributed by atoms with van der Waals surface area (Å²) in [7, 11) is 0. The van der Waals surface area contributed by atoms with Gasteiger partial charge < -0.3 is 5.32 Å². The van der Waals surface area contributed by atoms with Crippen LogP contribution in [0, 0.1) is 17.5 Å². The number of halogens is 4. The number of alkyl halides is 1. The molecule has 132 valence electrons. The minimum Gasteiger partial charge on any atom is -0.376 e. The summed E-state index contributed by atoms with van der Waals surface area (Å²) in [4.78, 5) is 0. The molecule has 0 fully saturated rings. The minimum absolute atomic E-state index is 0.146. The number of hydrogen-bond donors (Lipinski definition) is 2. The second kappa shape index (κ2) is 10.6. The van der Waals surface area contributed by atoms with Gasteiger partial charge in [0.25, 0.3) is 0 Å². The lowest BCUT2D eigenvalue weighted by molar-refractivity contribution is 0.444. The third kappa shape index (κ3) is 6.58. The lowest BCUT2D eigenvalue weighted by atomic mass is 10.1. The summed E-state index contributed by atoms with van der Waals surface area (Å²) in [6.45, 7) is 5.53. The molecule has 0 radical (unpaired) electrons. The average molecular weight is 342 g/mol. The van der Waals surface area contributed by atoms with Gasteiger partial charge in [-0.2, -0.15) is 0 Å². The molecule has 0 aromatic heterocycles. The van der Waals surface area contributed by atoms with Crippen molar-refractivity contribution in [3.8, 4) is 0 Å². The topological polar surface area (TPSA) is 24.1 Å². The fourth-order valence-electron chi connectivity index (χ4n) is 2.05. The first kappa shape index (κ1) is 20.0. The Bertz CT molecular complexity index is 586. The Morgan fingerprint density at radius 3 is 2.42 bits per heavy atom. The van der Waals surface area contributed by atoms with Gasteiger partial charge in [-0.15, -0.1) is 0 Å². The fourth-order valence-corrected chi connectivity index (χ4v) is 2.05. The highest BCUT2D eigenvalue weighted by atomic mass is 19.2. The molecule has 0 saturated carbocycles. The van der Waals surface area contributed by atoms with Crippen molar-refractivity contribution in [2.24, 2.45) is 0 Å². The van der Waals surface area contributed by atoms with Crippen molar-refractivity contribution < 1.29 is 17.6 Å². The van der Waals surface area contributed by atoms with E-state index in [9.17, 15) is 17.6 Å². The Morgan fingerprint density at radius 2 is 1.88 bits per heavy atom. The average Bonchev–Trinajstić information content (AvgIpc) is 2.55. The largest absolute Gasteiger partial charge is 0.376 e. The summed E-state index contributed by atoms with van der Waals surface area (Å²) in [6, 6.07) is 1.87. The molecule has 6 heteroatoms. The molecule has 0 amide bonds. The lowest BCUT2D eigenvalue weighted by Gasteiger charge is -2.12. The van der Waals surface area contributed by atoms with Crippen LogP contribution < -0.4 is 10.6 Å². The second-order valence-corrected chi connectivity index (χ2v) is 5.09. The molecule has 1 aromatic carbocycles. The van der Waals surface area contributed by atoms with Crippen molar-refractivity contribution in [2.45, 2.75) is 26.3 Å². The van der Waals surface area contributed by atoms with Gasteiger partial charge in [0, 0.05) is 18.7 Å². The van der Waals surface area contributed by atoms with Crippen LogP contribution >= 0.6 is 0 Å². The summed E-state index contributed by atoms with van der Waals surface area (Å²) in [5.41, 5.74) is 1.99. The predicted molar refractivity (Wildman–Crippen MR) is 88.4 cm³/mol. The smallest absolute Gasteiger partial charge is 0.194 e. The van der Waals surface area contributed by atoms with Crippen molar-refractivity contribution in [1.29, 1.82) is 0 Å². The van der Waals surface area contributed by atoms with E-state index in [1.54, 1.807) is 6.08 Å². The molecule has 0 aliphatic rings. The second-order valence-electron chi connectivity index (χ2n) is 5.09. The molecule has 0 unspecified atom stereocenters. The Labute approximate surface area is 140 Å². The molecule has 0 atom stereocenters. The number of allylic oxidation sites excluding steroid dienone is 5. The maximum atomic E-state index is 13.1. The number of hydrogen-bond acceptors (Lipinski definition) is 2. The Morgan fingerprint density at radius 1 is 1.21 bits per heavy atom. The van der Waals surface area contributed by atoms with Gasteiger partial charge in [0.2, 0.25) is 0 Å². The van der Waals surface area contributed by atoms with E-state index in [0.717, 1.165) is 24.1 Å². The van der Waals surface area contributed by atoms with Crippen LogP contribution in [0.1, 0.15) is 25.3 Å². The Balaban J connectivity index is 2.58. The number of benzene rings is 1. The van der Waals surface area contributed by atoms with Crippen molar-refractivity contribution in [2.75, 3.05) is 13.3 Å². The standard InChI is InChI=1S/C18H22F4N2/c1-3-5-13(4-2)8-15(6-7-19)24-12-23-11-14-9-16(20)18(22)17(21)10-14/h3,5,8-10,23-24H,1,4,6-7,11-12H2,2H3/b13-5-,15-8+. The van der Waals surface area contributed by atoms with Crippen LogP contribution in [0.2, 0.25) is 0 Å². The van der Waals surface area contributed by atoms with Gasteiger partial charge in [-0.25, -0.2) is 13.2 Å². The number of nitrogens with one attached hydrogen (secondary N) is 2. The summed E-state index contributed by atoms with van der Waals surface area (Å²) < 4.78 is 51.7. The molecular formula is C18H22F4N2. The zero-order valence-corrected chi connectivity index (χ0v) is 13.6. The van der Waals surface area contributed by atoms with E-state index < -0.39 is 24.1 Å². The molecule has 0 bridgehead atoms. The van der Waals surface area contributed by atoms with Gasteiger partial charge in [-0.1, -0.05) is 25.7 Å². The van der Waals surface area contributed by atoms with Crippen LogP contribution in [0.15, 0.2) is 48.2 Å². The summed E-state index contributed by atoms with van der Waals surface area (Å²) in [5, 5.41) is 5.95. The highest BCUT2D eigenvalue weighted by molar-refractivity contribution is 5.26. The van der Waals surface area contributed by atoms with Gasteiger partial charge in [-0.05, 0) is 35.8 Å². The maximum absolute atomic E-state index is 13.1.